The van der Waals surface area contributed by atoms with Gasteiger partial charge in [-0.2, -0.15) is 0 Å². The highest BCUT2D eigenvalue weighted by molar-refractivity contribution is 9.10. The Morgan fingerprint density at radius 3 is 2.64 bits per heavy atom. The predicted octanol–water partition coefficient (Wildman–Crippen LogP) is 7.71. The topological polar surface area (TPSA) is 59.8 Å². The number of methoxy groups -OCH3 is 1. The van der Waals surface area contributed by atoms with Crippen LogP contribution >= 0.6 is 15.9 Å². The Morgan fingerprint density at radius 2 is 1.93 bits per heavy atom. The maximum atomic E-state index is 15.9. The fourth-order valence-corrected chi connectivity index (χ4v) is 7.03. The van der Waals surface area contributed by atoms with Crippen LogP contribution in [0.15, 0.2) is 34.9 Å². The first-order valence-corrected chi connectivity index (χ1v) is 16.1. The summed E-state index contributed by atoms with van der Waals surface area (Å²) in [5.41, 5.74) is 2.74. The lowest BCUT2D eigenvalue weighted by Crippen LogP contribution is -2.54. The van der Waals surface area contributed by atoms with Crippen molar-refractivity contribution >= 4 is 38.5 Å². The lowest BCUT2D eigenvalue weighted by Gasteiger charge is -2.45. The summed E-state index contributed by atoms with van der Waals surface area (Å²) in [7, 11) is 1.57. The van der Waals surface area contributed by atoms with Crippen LogP contribution in [-0.4, -0.2) is 72.8 Å². The normalized spacial score (nSPS) is 19.3. The molecule has 44 heavy (non-hydrogen) atoms. The zero-order valence-corrected chi connectivity index (χ0v) is 27.7. The van der Waals surface area contributed by atoms with E-state index in [1.54, 1.807) is 19.2 Å². The molecule has 4 heterocycles. The number of ether oxygens (including phenoxy) is 2. The minimum Gasteiger partial charge on any atom is -0.465 e. The average molecular weight is 680 g/mol. The molecule has 0 aliphatic carbocycles. The minimum atomic E-state index is -3.26. The number of halogens is 4. The van der Waals surface area contributed by atoms with Crippen molar-refractivity contribution in [3.05, 3.63) is 46.2 Å². The van der Waals surface area contributed by atoms with E-state index in [9.17, 15) is 13.6 Å². The number of alkyl halides is 3. The fraction of sp³-hybridized carbons (Fsp3) is 0.576. The second-order valence-corrected chi connectivity index (χ2v) is 13.7. The van der Waals surface area contributed by atoms with Gasteiger partial charge in [0.15, 0.2) is 0 Å². The van der Waals surface area contributed by atoms with Crippen molar-refractivity contribution in [2.24, 2.45) is 5.41 Å². The van der Waals surface area contributed by atoms with Crippen molar-refractivity contribution in [2.45, 2.75) is 78.2 Å². The van der Waals surface area contributed by atoms with E-state index in [4.69, 9.17) is 14.5 Å². The molecule has 3 atom stereocenters. The number of carbonyl (C=O) groups excluding carboxylic acids is 1. The molecule has 2 aliphatic heterocycles. The van der Waals surface area contributed by atoms with Gasteiger partial charge in [0.1, 0.15) is 0 Å². The van der Waals surface area contributed by atoms with Crippen LogP contribution < -0.4 is 4.90 Å². The molecule has 0 saturated carbocycles. The van der Waals surface area contributed by atoms with Crippen molar-refractivity contribution in [1.29, 1.82) is 0 Å². The SMILES string of the molecule is CO[C@@H](C)c1ncc(N2CCN3CCCCC3C2)cc1-c1c(CC(C)(C)COC(C)=O)c2cc(Br)ccc2n1C(F)C(F)F. The third kappa shape index (κ3) is 6.79. The first-order chi connectivity index (χ1) is 20.9. The number of piperidine rings is 1. The van der Waals surface area contributed by atoms with E-state index in [1.807, 2.05) is 39.1 Å². The number of hydrogen-bond donors (Lipinski definition) is 0. The van der Waals surface area contributed by atoms with Gasteiger partial charge in [0.25, 0.3) is 6.43 Å². The summed E-state index contributed by atoms with van der Waals surface area (Å²) in [5.74, 6) is -0.406. The second kappa shape index (κ2) is 13.4. The first-order valence-electron chi connectivity index (χ1n) is 15.3. The third-order valence-electron chi connectivity index (χ3n) is 8.95. The summed E-state index contributed by atoms with van der Waals surface area (Å²) in [6.07, 6.45) is -0.628. The summed E-state index contributed by atoms with van der Waals surface area (Å²) in [6, 6.07) is 7.65. The number of nitrogens with zero attached hydrogens (tertiary/aromatic N) is 4. The quantitative estimate of drug-likeness (QED) is 0.205. The van der Waals surface area contributed by atoms with E-state index in [2.05, 4.69) is 25.7 Å². The van der Waals surface area contributed by atoms with Crippen molar-refractivity contribution in [3.8, 4) is 11.3 Å². The standard InChI is InChI=1S/C33H42BrF3N4O3/c1-20(43-5)29-26(15-24(17-38-29)40-13-12-39-11-7-6-8-23(39)18-40)30-27(16-33(3,4)19-44-21(2)42)25-14-22(34)9-10-28(25)41(30)32(37)31(35)36/h9-10,14-15,17,20,23,31-32H,6-8,11-13,16,18-19H2,1-5H3/t20-,23?,32?/m0/s1. The first kappa shape index (κ1) is 32.8. The molecule has 240 valence electrons. The molecule has 2 aromatic heterocycles. The number of anilines is 1. The van der Waals surface area contributed by atoms with E-state index in [1.165, 1.54) is 19.8 Å². The number of benzene rings is 1. The Bertz CT molecular complexity index is 1500. The lowest BCUT2D eigenvalue weighted by molar-refractivity contribution is -0.143. The van der Waals surface area contributed by atoms with Gasteiger partial charge >= 0.3 is 5.97 Å². The highest BCUT2D eigenvalue weighted by atomic mass is 79.9. The molecule has 7 nitrogen and oxygen atoms in total. The molecule has 0 spiro atoms. The lowest BCUT2D eigenvalue weighted by atomic mass is 9.84. The number of fused-ring (bicyclic) bond motifs is 2. The highest BCUT2D eigenvalue weighted by Gasteiger charge is 2.35. The van der Waals surface area contributed by atoms with Gasteiger partial charge in [0.2, 0.25) is 6.30 Å². The number of esters is 1. The molecule has 11 heteroatoms. The molecule has 3 aromatic rings. The van der Waals surface area contributed by atoms with Crippen LogP contribution in [0.1, 0.15) is 70.6 Å². The fourth-order valence-electron chi connectivity index (χ4n) is 6.67. The van der Waals surface area contributed by atoms with Crippen molar-refractivity contribution < 1.29 is 27.4 Å². The third-order valence-corrected chi connectivity index (χ3v) is 9.44. The van der Waals surface area contributed by atoms with E-state index >= 15 is 4.39 Å². The zero-order valence-electron chi connectivity index (χ0n) is 26.1. The molecule has 2 fully saturated rings. The second-order valence-electron chi connectivity index (χ2n) is 12.8. The molecular weight excluding hydrogens is 637 g/mol. The van der Waals surface area contributed by atoms with Gasteiger partial charge in [-0.25, -0.2) is 13.2 Å². The van der Waals surface area contributed by atoms with Gasteiger partial charge in [0.05, 0.1) is 41.5 Å². The molecule has 2 unspecified atom stereocenters. The van der Waals surface area contributed by atoms with Crippen LogP contribution in [0.25, 0.3) is 22.2 Å². The van der Waals surface area contributed by atoms with Crippen LogP contribution in [0.4, 0.5) is 18.9 Å². The van der Waals surface area contributed by atoms with Crippen LogP contribution in [0, 0.1) is 5.41 Å². The monoisotopic (exact) mass is 678 g/mol. The average Bonchev–Trinajstić information content (AvgIpc) is 3.30. The van der Waals surface area contributed by atoms with Gasteiger partial charge in [-0.3, -0.25) is 14.7 Å². The molecule has 0 bridgehead atoms. The number of hydrogen-bond acceptors (Lipinski definition) is 6. The number of rotatable bonds is 10. The maximum absolute atomic E-state index is 15.9. The largest absolute Gasteiger partial charge is 0.465 e. The number of carbonyl (C=O) groups is 1. The maximum Gasteiger partial charge on any atom is 0.302 e. The van der Waals surface area contributed by atoms with E-state index < -0.39 is 30.2 Å². The van der Waals surface area contributed by atoms with Gasteiger partial charge in [0, 0.05) is 60.5 Å². The molecule has 0 N–H and O–H groups in total. The van der Waals surface area contributed by atoms with Crippen molar-refractivity contribution in [3.63, 3.8) is 0 Å². The molecule has 0 radical (unpaired) electrons. The molecule has 5 rings (SSSR count). The number of piperazine rings is 1. The van der Waals surface area contributed by atoms with Gasteiger partial charge in [-0.05, 0) is 62.6 Å². The van der Waals surface area contributed by atoms with E-state index in [0.717, 1.165) is 47.3 Å². The van der Waals surface area contributed by atoms with Gasteiger partial charge in [-0.1, -0.05) is 36.2 Å². The van der Waals surface area contributed by atoms with E-state index in [-0.39, 0.29) is 6.61 Å². The summed E-state index contributed by atoms with van der Waals surface area (Å²) < 4.78 is 57.4. The predicted molar refractivity (Wildman–Crippen MR) is 170 cm³/mol. The Balaban J connectivity index is 1.74. The Labute approximate surface area is 265 Å². The minimum absolute atomic E-state index is 0.113. The zero-order chi connectivity index (χ0) is 31.8. The molecule has 0 amide bonds. The Morgan fingerprint density at radius 1 is 1.16 bits per heavy atom. The smallest absolute Gasteiger partial charge is 0.302 e. The van der Waals surface area contributed by atoms with Crippen LogP contribution in [0.5, 0.6) is 0 Å². The van der Waals surface area contributed by atoms with Crippen LogP contribution in [0.3, 0.4) is 0 Å². The van der Waals surface area contributed by atoms with Crippen molar-refractivity contribution in [2.75, 3.05) is 44.8 Å². The van der Waals surface area contributed by atoms with Gasteiger partial charge < -0.3 is 18.9 Å². The Kier molecular flexibility index (Phi) is 9.96. The number of aromatic nitrogens is 2. The van der Waals surface area contributed by atoms with Crippen LogP contribution in [-0.2, 0) is 20.7 Å². The summed E-state index contributed by atoms with van der Waals surface area (Å²) >= 11 is 3.53. The summed E-state index contributed by atoms with van der Waals surface area (Å²) in [6.45, 7) is 10.9. The molecule has 1 aromatic carbocycles. The Hall–Kier alpha value is -2.63. The summed E-state index contributed by atoms with van der Waals surface area (Å²) in [5, 5.41) is 0.644. The molecule has 2 saturated heterocycles. The van der Waals surface area contributed by atoms with E-state index in [0.29, 0.717) is 45.9 Å². The molecule has 2 aliphatic rings. The molecular formula is C33H42BrF3N4O3. The highest BCUT2D eigenvalue weighted by Crippen LogP contribution is 2.45. The summed E-state index contributed by atoms with van der Waals surface area (Å²) in [4.78, 5) is 21.4. The van der Waals surface area contributed by atoms with Crippen molar-refractivity contribution in [1.82, 2.24) is 14.5 Å². The van der Waals surface area contributed by atoms with Crippen LogP contribution in [0.2, 0.25) is 0 Å². The number of pyridine rings is 1. The van der Waals surface area contributed by atoms with Gasteiger partial charge in [-0.15, -0.1) is 0 Å².